The first-order valence-electron chi connectivity index (χ1n) is 9.12. The van der Waals surface area contributed by atoms with Gasteiger partial charge < -0.3 is 10.1 Å². The Bertz CT molecular complexity index is 1080. The predicted octanol–water partition coefficient (Wildman–Crippen LogP) is 3.18. The van der Waals surface area contributed by atoms with Crippen molar-refractivity contribution >= 4 is 29.4 Å². The maximum absolute atomic E-state index is 13.0. The molecule has 1 N–H and O–H groups in total. The molecule has 0 saturated carbocycles. The number of imide groups is 1. The number of ether oxygens (including phenoxy) is 1. The van der Waals surface area contributed by atoms with Crippen molar-refractivity contribution in [3.05, 3.63) is 64.7 Å². The summed E-state index contributed by atoms with van der Waals surface area (Å²) in [6.45, 7) is 2.11. The number of esters is 1. The van der Waals surface area contributed by atoms with Gasteiger partial charge in [-0.2, -0.15) is 13.2 Å². The molecule has 1 aliphatic heterocycles. The van der Waals surface area contributed by atoms with Crippen molar-refractivity contribution in [3.63, 3.8) is 0 Å². The lowest BCUT2D eigenvalue weighted by Gasteiger charge is -2.21. The minimum Gasteiger partial charge on any atom is -0.454 e. The van der Waals surface area contributed by atoms with Crippen LogP contribution in [-0.2, 0) is 20.5 Å². The van der Waals surface area contributed by atoms with Gasteiger partial charge in [0.15, 0.2) is 6.61 Å². The van der Waals surface area contributed by atoms with Crippen LogP contribution in [0.15, 0.2) is 42.5 Å². The molecule has 1 aliphatic rings. The molecule has 162 valence electrons. The van der Waals surface area contributed by atoms with Crippen molar-refractivity contribution in [3.8, 4) is 0 Å². The number of halogens is 3. The minimum atomic E-state index is -4.68. The Labute approximate surface area is 174 Å². The highest BCUT2D eigenvalue weighted by Gasteiger charge is 2.41. The van der Waals surface area contributed by atoms with Crippen LogP contribution in [0.3, 0.4) is 0 Å². The van der Waals surface area contributed by atoms with Crippen LogP contribution in [0, 0.1) is 6.92 Å². The van der Waals surface area contributed by atoms with Crippen LogP contribution in [0.2, 0.25) is 0 Å². The highest BCUT2D eigenvalue weighted by Crippen LogP contribution is 2.34. The molecule has 7 nitrogen and oxygen atoms in total. The van der Waals surface area contributed by atoms with E-state index in [0.29, 0.717) is 0 Å². The van der Waals surface area contributed by atoms with E-state index in [2.05, 4.69) is 0 Å². The number of nitrogens with one attached hydrogen (secondary N) is 1. The molecule has 0 saturated heterocycles. The van der Waals surface area contributed by atoms with E-state index in [0.717, 1.165) is 22.6 Å². The minimum absolute atomic E-state index is 0.150. The number of hydrogen-bond acceptors (Lipinski definition) is 5. The Hall–Kier alpha value is -3.69. The van der Waals surface area contributed by atoms with Gasteiger partial charge in [0, 0.05) is 0 Å². The summed E-state index contributed by atoms with van der Waals surface area (Å²) in [6, 6.07) is 7.67. The molecule has 0 radical (unpaired) electrons. The van der Waals surface area contributed by atoms with E-state index in [4.69, 9.17) is 4.74 Å². The summed E-state index contributed by atoms with van der Waals surface area (Å²) in [7, 11) is 0. The number of anilines is 1. The first-order chi connectivity index (χ1) is 14.5. The first kappa shape index (κ1) is 22.0. The van der Waals surface area contributed by atoms with Crippen LogP contribution in [0.5, 0.6) is 0 Å². The summed E-state index contributed by atoms with van der Waals surface area (Å²) in [5, 5.41) is 2.04. The van der Waals surface area contributed by atoms with Gasteiger partial charge in [0.1, 0.15) is 6.04 Å². The van der Waals surface area contributed by atoms with E-state index in [1.807, 2.05) is 5.32 Å². The summed E-state index contributed by atoms with van der Waals surface area (Å²) < 4.78 is 43.8. The summed E-state index contributed by atoms with van der Waals surface area (Å²) in [6.07, 6.45) is -4.68. The molecular formula is C21H17F3N2O5. The lowest BCUT2D eigenvalue weighted by molar-refractivity contribution is -0.150. The fourth-order valence-electron chi connectivity index (χ4n) is 3.11. The van der Waals surface area contributed by atoms with Crippen molar-refractivity contribution in [1.82, 2.24) is 4.90 Å². The van der Waals surface area contributed by atoms with Crippen molar-refractivity contribution in [1.29, 1.82) is 0 Å². The molecule has 0 bridgehead atoms. The number of hydrogen-bond donors (Lipinski definition) is 1. The quantitative estimate of drug-likeness (QED) is 0.577. The van der Waals surface area contributed by atoms with Crippen molar-refractivity contribution in [2.24, 2.45) is 0 Å². The second-order valence-corrected chi connectivity index (χ2v) is 6.90. The van der Waals surface area contributed by atoms with Gasteiger partial charge in [0.2, 0.25) is 0 Å². The van der Waals surface area contributed by atoms with Crippen LogP contribution in [-0.4, -0.2) is 41.2 Å². The number of rotatable bonds is 5. The van der Waals surface area contributed by atoms with E-state index in [1.54, 1.807) is 13.0 Å². The standard InChI is InChI=1S/C21H17F3N2O5/c1-11-7-8-13-14(9-11)19(29)26(18(13)28)12(2)20(30)31-10-17(27)25-16-6-4-3-5-15(16)21(22,23)24/h3-9,12H,10H2,1-2H3,(H,25,27). The van der Waals surface area contributed by atoms with Crippen molar-refractivity contribution < 1.29 is 37.1 Å². The molecule has 1 unspecified atom stereocenters. The van der Waals surface area contributed by atoms with Crippen LogP contribution in [0.4, 0.5) is 18.9 Å². The number of carbonyl (C=O) groups excluding carboxylic acids is 4. The fourth-order valence-corrected chi connectivity index (χ4v) is 3.11. The monoisotopic (exact) mass is 434 g/mol. The Balaban J connectivity index is 1.63. The van der Waals surface area contributed by atoms with Crippen LogP contribution < -0.4 is 5.32 Å². The predicted molar refractivity (Wildman–Crippen MR) is 102 cm³/mol. The molecule has 0 aromatic heterocycles. The van der Waals surface area contributed by atoms with Gasteiger partial charge in [-0.15, -0.1) is 0 Å². The molecule has 2 aromatic carbocycles. The number of amides is 3. The molecule has 0 aliphatic carbocycles. The maximum Gasteiger partial charge on any atom is 0.418 e. The average molecular weight is 434 g/mol. The molecule has 2 aromatic rings. The largest absolute Gasteiger partial charge is 0.454 e. The maximum atomic E-state index is 13.0. The molecule has 3 rings (SSSR count). The number of para-hydroxylation sites is 1. The van der Waals surface area contributed by atoms with E-state index in [1.165, 1.54) is 31.2 Å². The second kappa shape index (κ2) is 8.21. The zero-order valence-corrected chi connectivity index (χ0v) is 16.4. The highest BCUT2D eigenvalue weighted by molar-refractivity contribution is 6.22. The first-order valence-corrected chi connectivity index (χ1v) is 9.12. The Morgan fingerprint density at radius 3 is 2.39 bits per heavy atom. The van der Waals surface area contributed by atoms with Crippen molar-refractivity contribution in [2.75, 3.05) is 11.9 Å². The third-order valence-electron chi connectivity index (χ3n) is 4.65. The molecule has 0 spiro atoms. The Kier molecular flexibility index (Phi) is 5.83. The SMILES string of the molecule is Cc1ccc2c(c1)C(=O)N(C(C)C(=O)OCC(=O)Nc1ccccc1C(F)(F)F)C2=O. The molecule has 1 heterocycles. The summed E-state index contributed by atoms with van der Waals surface area (Å²) >= 11 is 0. The summed E-state index contributed by atoms with van der Waals surface area (Å²) in [4.78, 5) is 50.0. The van der Waals surface area contributed by atoms with Gasteiger partial charge in [-0.1, -0.05) is 23.8 Å². The van der Waals surface area contributed by atoms with E-state index < -0.39 is 53.8 Å². The van der Waals surface area contributed by atoms with E-state index in [9.17, 15) is 32.3 Å². The number of aryl methyl sites for hydroxylation is 1. The molecular weight excluding hydrogens is 417 g/mol. The van der Waals surface area contributed by atoms with Gasteiger partial charge >= 0.3 is 12.1 Å². The lowest BCUT2D eigenvalue weighted by Crippen LogP contribution is -2.44. The topological polar surface area (TPSA) is 92.8 Å². The molecule has 1 atom stereocenters. The van der Waals surface area contributed by atoms with E-state index >= 15 is 0 Å². The third kappa shape index (κ3) is 4.42. The lowest BCUT2D eigenvalue weighted by atomic mass is 10.1. The molecule has 3 amide bonds. The van der Waals surface area contributed by atoms with Crippen molar-refractivity contribution in [2.45, 2.75) is 26.1 Å². The smallest absolute Gasteiger partial charge is 0.418 e. The summed E-state index contributed by atoms with van der Waals surface area (Å²) in [5.74, 6) is -3.40. The highest BCUT2D eigenvalue weighted by atomic mass is 19.4. The zero-order valence-electron chi connectivity index (χ0n) is 16.4. The van der Waals surface area contributed by atoms with Gasteiger partial charge in [0.25, 0.3) is 17.7 Å². The second-order valence-electron chi connectivity index (χ2n) is 6.90. The van der Waals surface area contributed by atoms with Gasteiger partial charge in [-0.3, -0.25) is 19.3 Å². The zero-order chi connectivity index (χ0) is 22.9. The average Bonchev–Trinajstić information content (AvgIpc) is 2.95. The van der Waals surface area contributed by atoms with Gasteiger partial charge in [-0.25, -0.2) is 4.79 Å². The number of benzene rings is 2. The third-order valence-corrected chi connectivity index (χ3v) is 4.65. The fraction of sp³-hybridized carbons (Fsp3) is 0.238. The van der Waals surface area contributed by atoms with Gasteiger partial charge in [0.05, 0.1) is 22.4 Å². The number of fused-ring (bicyclic) bond motifs is 1. The van der Waals surface area contributed by atoms with Crippen LogP contribution >= 0.6 is 0 Å². The normalized spacial score (nSPS) is 14.3. The molecule has 10 heteroatoms. The summed E-state index contributed by atoms with van der Waals surface area (Å²) in [5.41, 5.74) is -0.472. The van der Waals surface area contributed by atoms with E-state index in [-0.39, 0.29) is 11.1 Å². The number of carbonyl (C=O) groups is 4. The van der Waals surface area contributed by atoms with Crippen LogP contribution in [0.1, 0.15) is 38.8 Å². The molecule has 31 heavy (non-hydrogen) atoms. The van der Waals surface area contributed by atoms with Gasteiger partial charge in [-0.05, 0) is 38.1 Å². The Morgan fingerprint density at radius 1 is 1.06 bits per heavy atom. The Morgan fingerprint density at radius 2 is 1.71 bits per heavy atom. The van der Waals surface area contributed by atoms with Crippen LogP contribution in [0.25, 0.3) is 0 Å². The number of alkyl halides is 3. The number of nitrogens with zero attached hydrogens (tertiary/aromatic N) is 1. The molecule has 0 fully saturated rings.